The Morgan fingerprint density at radius 2 is 2.04 bits per heavy atom. The van der Waals surface area contributed by atoms with E-state index in [0.29, 0.717) is 35.3 Å². The highest BCUT2D eigenvalue weighted by Crippen LogP contribution is 2.33. The molecule has 0 saturated heterocycles. The van der Waals surface area contributed by atoms with Crippen molar-refractivity contribution in [1.29, 1.82) is 0 Å². The van der Waals surface area contributed by atoms with Crippen LogP contribution in [0.4, 0.5) is 0 Å². The second kappa shape index (κ2) is 7.76. The maximum atomic E-state index is 10.0. The number of aromatic amines is 1. The molecule has 1 atom stereocenters. The maximum absolute atomic E-state index is 10.0. The summed E-state index contributed by atoms with van der Waals surface area (Å²) < 4.78 is 11.7. The maximum Gasteiger partial charge on any atom is 0.184 e. The van der Waals surface area contributed by atoms with Crippen LogP contribution in [-0.4, -0.2) is 34.0 Å². The molecule has 0 unspecified atom stereocenters. The number of halogens is 1. The fraction of sp³-hybridized carbons (Fsp3) is 0.222. The molecule has 0 radical (unpaired) electrons. The predicted octanol–water partition coefficient (Wildman–Crippen LogP) is 3.40. The van der Waals surface area contributed by atoms with Gasteiger partial charge in [0.2, 0.25) is 0 Å². The lowest BCUT2D eigenvalue weighted by Gasteiger charge is -2.13. The van der Waals surface area contributed by atoms with Gasteiger partial charge in [-0.05, 0) is 42.8 Å². The lowest BCUT2D eigenvalue weighted by Crippen LogP contribution is -2.14. The van der Waals surface area contributed by atoms with Gasteiger partial charge in [-0.3, -0.25) is 5.10 Å². The molecule has 1 heterocycles. The van der Waals surface area contributed by atoms with E-state index in [1.165, 1.54) is 0 Å². The van der Waals surface area contributed by atoms with Crippen molar-refractivity contribution in [3.05, 3.63) is 52.3 Å². The van der Waals surface area contributed by atoms with Crippen molar-refractivity contribution < 1.29 is 14.6 Å². The molecule has 1 aromatic heterocycles. The van der Waals surface area contributed by atoms with Crippen molar-refractivity contribution in [2.45, 2.75) is 13.0 Å². The zero-order chi connectivity index (χ0) is 18.7. The van der Waals surface area contributed by atoms with E-state index in [4.69, 9.17) is 15.2 Å². The summed E-state index contributed by atoms with van der Waals surface area (Å²) in [6.45, 7) is 2.45. The standard InChI is InChI=1S/C18H19BrN4O3/c1-3-26-14-7-4-10(8-15(14)25-2)16(20)18-21-17(22-23-18)12-9-11(19)5-6-13(12)24/h4-9,16,24H,3,20H2,1-2H3,(H,21,22,23)/t16-/m1/s1. The van der Waals surface area contributed by atoms with E-state index >= 15 is 0 Å². The number of hydrogen-bond acceptors (Lipinski definition) is 6. The number of benzene rings is 2. The van der Waals surface area contributed by atoms with Gasteiger partial charge in [0, 0.05) is 4.47 Å². The van der Waals surface area contributed by atoms with Crippen molar-refractivity contribution in [2.75, 3.05) is 13.7 Å². The second-order valence-corrected chi connectivity index (χ2v) is 6.44. The number of aromatic nitrogens is 3. The van der Waals surface area contributed by atoms with E-state index in [9.17, 15) is 5.11 Å². The Kier molecular flexibility index (Phi) is 5.43. The lowest BCUT2D eigenvalue weighted by atomic mass is 10.1. The topological polar surface area (TPSA) is 106 Å². The highest BCUT2D eigenvalue weighted by molar-refractivity contribution is 9.10. The number of aromatic hydroxyl groups is 1. The molecular formula is C18H19BrN4O3. The van der Waals surface area contributed by atoms with Crippen molar-refractivity contribution in [1.82, 2.24) is 15.2 Å². The molecule has 0 fully saturated rings. The van der Waals surface area contributed by atoms with Gasteiger partial charge in [-0.25, -0.2) is 4.98 Å². The normalized spacial score (nSPS) is 12.0. The molecule has 2 aromatic carbocycles. The first-order chi connectivity index (χ1) is 12.5. The fourth-order valence-corrected chi connectivity index (χ4v) is 2.89. The van der Waals surface area contributed by atoms with Crippen LogP contribution in [0, 0.1) is 0 Å². The zero-order valence-corrected chi connectivity index (χ0v) is 15.9. The molecule has 26 heavy (non-hydrogen) atoms. The van der Waals surface area contributed by atoms with Crippen molar-refractivity contribution in [3.8, 4) is 28.6 Å². The van der Waals surface area contributed by atoms with Crippen molar-refractivity contribution >= 4 is 15.9 Å². The first kappa shape index (κ1) is 18.2. The number of phenolic OH excluding ortho intramolecular Hbond substituents is 1. The van der Waals surface area contributed by atoms with Gasteiger partial charge in [0.1, 0.15) is 11.6 Å². The number of rotatable bonds is 6. The van der Waals surface area contributed by atoms with E-state index in [1.807, 2.05) is 25.1 Å². The van der Waals surface area contributed by atoms with Crippen LogP contribution in [0.15, 0.2) is 40.9 Å². The van der Waals surface area contributed by atoms with Crippen molar-refractivity contribution in [2.24, 2.45) is 5.73 Å². The smallest absolute Gasteiger partial charge is 0.184 e. The van der Waals surface area contributed by atoms with E-state index in [1.54, 1.807) is 25.3 Å². The molecule has 7 nitrogen and oxygen atoms in total. The molecule has 4 N–H and O–H groups in total. The SMILES string of the molecule is CCOc1ccc([C@@H](N)c2nc(-c3cc(Br)ccc3O)n[nH]2)cc1OC. The van der Waals surface area contributed by atoms with Crippen LogP contribution in [0.2, 0.25) is 0 Å². The van der Waals surface area contributed by atoms with Gasteiger partial charge < -0.3 is 20.3 Å². The van der Waals surface area contributed by atoms with Crippen molar-refractivity contribution in [3.63, 3.8) is 0 Å². The Balaban J connectivity index is 1.90. The van der Waals surface area contributed by atoms with Crippen LogP contribution >= 0.6 is 15.9 Å². The van der Waals surface area contributed by atoms with Crippen LogP contribution in [0.5, 0.6) is 17.2 Å². The average molecular weight is 419 g/mol. The van der Waals surface area contributed by atoms with Crippen LogP contribution in [-0.2, 0) is 0 Å². The summed E-state index contributed by atoms with van der Waals surface area (Å²) in [6, 6.07) is 10.0. The second-order valence-electron chi connectivity index (χ2n) is 5.53. The molecule has 0 bridgehead atoms. The molecule has 0 amide bonds. The molecular weight excluding hydrogens is 400 g/mol. The number of methoxy groups -OCH3 is 1. The molecule has 0 aliphatic heterocycles. The number of hydrogen-bond donors (Lipinski definition) is 3. The minimum atomic E-state index is -0.532. The van der Waals surface area contributed by atoms with E-state index in [-0.39, 0.29) is 5.75 Å². The number of phenols is 1. The minimum absolute atomic E-state index is 0.0926. The number of H-pyrrole nitrogens is 1. The molecule has 0 saturated carbocycles. The zero-order valence-electron chi connectivity index (χ0n) is 14.4. The number of ether oxygens (including phenoxy) is 2. The van der Waals surface area contributed by atoms with E-state index < -0.39 is 6.04 Å². The third-order valence-electron chi connectivity index (χ3n) is 3.84. The Labute approximate surface area is 159 Å². The highest BCUT2D eigenvalue weighted by Gasteiger charge is 2.18. The highest BCUT2D eigenvalue weighted by atomic mass is 79.9. The Morgan fingerprint density at radius 1 is 1.23 bits per heavy atom. The summed E-state index contributed by atoms with van der Waals surface area (Å²) >= 11 is 3.37. The first-order valence-corrected chi connectivity index (χ1v) is 8.80. The third kappa shape index (κ3) is 3.66. The summed E-state index contributed by atoms with van der Waals surface area (Å²) in [5.41, 5.74) is 7.63. The molecule has 3 rings (SSSR count). The molecule has 0 aliphatic carbocycles. The van der Waals surface area contributed by atoms with E-state index in [2.05, 4.69) is 31.1 Å². The average Bonchev–Trinajstić information content (AvgIpc) is 3.13. The van der Waals surface area contributed by atoms with Gasteiger partial charge in [0.25, 0.3) is 0 Å². The quantitative estimate of drug-likeness (QED) is 0.566. The molecule has 136 valence electrons. The number of nitrogens with one attached hydrogen (secondary N) is 1. The van der Waals surface area contributed by atoms with Crippen LogP contribution in [0.3, 0.4) is 0 Å². The monoisotopic (exact) mass is 418 g/mol. The largest absolute Gasteiger partial charge is 0.507 e. The fourth-order valence-electron chi connectivity index (χ4n) is 2.53. The molecule has 3 aromatic rings. The van der Waals surface area contributed by atoms with Gasteiger partial charge in [0.15, 0.2) is 17.3 Å². The lowest BCUT2D eigenvalue weighted by molar-refractivity contribution is 0.310. The summed E-state index contributed by atoms with van der Waals surface area (Å²) in [5, 5.41) is 17.0. The molecule has 8 heteroatoms. The van der Waals surface area contributed by atoms with Gasteiger partial charge in [0.05, 0.1) is 25.3 Å². The Morgan fingerprint density at radius 3 is 2.77 bits per heavy atom. The Bertz CT molecular complexity index is 913. The summed E-state index contributed by atoms with van der Waals surface area (Å²) in [5.74, 6) is 2.19. The summed E-state index contributed by atoms with van der Waals surface area (Å²) in [7, 11) is 1.58. The van der Waals surface area contributed by atoms with Gasteiger partial charge in [-0.1, -0.05) is 22.0 Å². The molecule has 0 aliphatic rings. The summed E-state index contributed by atoms with van der Waals surface area (Å²) in [6.07, 6.45) is 0. The van der Waals surface area contributed by atoms with Crippen LogP contribution in [0.1, 0.15) is 24.4 Å². The number of nitrogens with zero attached hydrogens (tertiary/aromatic N) is 2. The minimum Gasteiger partial charge on any atom is -0.507 e. The van der Waals surface area contributed by atoms with Gasteiger partial charge in [-0.2, -0.15) is 5.10 Å². The van der Waals surface area contributed by atoms with Crippen LogP contribution < -0.4 is 15.2 Å². The van der Waals surface area contributed by atoms with Gasteiger partial charge >= 0.3 is 0 Å². The van der Waals surface area contributed by atoms with Gasteiger partial charge in [-0.15, -0.1) is 0 Å². The summed E-state index contributed by atoms with van der Waals surface area (Å²) in [4.78, 5) is 4.43. The third-order valence-corrected chi connectivity index (χ3v) is 4.34. The van der Waals surface area contributed by atoms with E-state index in [0.717, 1.165) is 10.0 Å². The van der Waals surface area contributed by atoms with Crippen LogP contribution in [0.25, 0.3) is 11.4 Å². The molecule has 0 spiro atoms. The predicted molar refractivity (Wildman–Crippen MR) is 101 cm³/mol. The Hall–Kier alpha value is -2.58. The number of nitrogens with two attached hydrogens (primary N) is 1. The first-order valence-electron chi connectivity index (χ1n) is 8.01.